The molecule has 6 heteroatoms. The van der Waals surface area contributed by atoms with Crippen LogP contribution in [0.4, 0.5) is 0 Å². The third-order valence-corrected chi connectivity index (χ3v) is 4.82. The SMILES string of the molecule is COc1ccccc1OCCn1c(CNC(=O)c2ccccc2)nc2ccccc21. The first-order valence-corrected chi connectivity index (χ1v) is 9.79. The molecule has 1 aromatic heterocycles. The van der Waals surface area contributed by atoms with Crippen molar-refractivity contribution in [2.75, 3.05) is 13.7 Å². The van der Waals surface area contributed by atoms with Gasteiger partial charge < -0.3 is 19.4 Å². The van der Waals surface area contributed by atoms with Crippen LogP contribution in [0.15, 0.2) is 78.9 Å². The number of fused-ring (bicyclic) bond motifs is 1. The molecule has 0 aliphatic heterocycles. The molecular formula is C24H23N3O3. The monoisotopic (exact) mass is 401 g/mol. The molecule has 0 atom stereocenters. The highest BCUT2D eigenvalue weighted by molar-refractivity contribution is 5.94. The maximum Gasteiger partial charge on any atom is 0.251 e. The zero-order valence-corrected chi connectivity index (χ0v) is 16.7. The van der Waals surface area contributed by atoms with E-state index in [0.717, 1.165) is 16.9 Å². The van der Waals surface area contributed by atoms with E-state index in [2.05, 4.69) is 9.88 Å². The standard InChI is InChI=1S/C24H23N3O3/c1-29-21-13-7-8-14-22(21)30-16-15-27-20-12-6-5-11-19(20)26-23(27)17-25-24(28)18-9-3-2-4-10-18/h2-14H,15-17H2,1H3,(H,25,28). The fourth-order valence-electron chi connectivity index (χ4n) is 3.35. The number of rotatable bonds is 8. The van der Waals surface area contributed by atoms with Gasteiger partial charge in [-0.05, 0) is 36.4 Å². The van der Waals surface area contributed by atoms with Crippen molar-refractivity contribution in [1.29, 1.82) is 0 Å². The Morgan fingerprint density at radius 2 is 1.63 bits per heavy atom. The Kier molecular flexibility index (Phi) is 5.94. The van der Waals surface area contributed by atoms with Crippen LogP contribution in [0.25, 0.3) is 11.0 Å². The molecule has 0 saturated carbocycles. The first kappa shape index (κ1) is 19.5. The number of nitrogens with zero attached hydrogens (tertiary/aromatic N) is 2. The van der Waals surface area contributed by atoms with Crippen molar-refractivity contribution in [1.82, 2.24) is 14.9 Å². The number of hydrogen-bond acceptors (Lipinski definition) is 4. The van der Waals surface area contributed by atoms with Crippen molar-refractivity contribution in [2.24, 2.45) is 0 Å². The fraction of sp³-hybridized carbons (Fsp3) is 0.167. The molecule has 0 spiro atoms. The largest absolute Gasteiger partial charge is 0.493 e. The number of nitrogens with one attached hydrogen (secondary N) is 1. The van der Waals surface area contributed by atoms with E-state index in [1.165, 1.54) is 0 Å². The third-order valence-electron chi connectivity index (χ3n) is 4.82. The van der Waals surface area contributed by atoms with E-state index < -0.39 is 0 Å². The zero-order chi connectivity index (χ0) is 20.8. The highest BCUT2D eigenvalue weighted by Crippen LogP contribution is 2.26. The second-order valence-electron chi connectivity index (χ2n) is 6.72. The van der Waals surface area contributed by atoms with Crippen LogP contribution in [0.5, 0.6) is 11.5 Å². The molecule has 0 radical (unpaired) electrons. The van der Waals surface area contributed by atoms with Gasteiger partial charge in [-0.2, -0.15) is 0 Å². The van der Waals surface area contributed by atoms with Crippen molar-refractivity contribution in [2.45, 2.75) is 13.1 Å². The maximum atomic E-state index is 12.4. The Bertz CT molecular complexity index is 1140. The lowest BCUT2D eigenvalue weighted by molar-refractivity contribution is 0.0949. The van der Waals surface area contributed by atoms with Crippen LogP contribution >= 0.6 is 0 Å². The molecule has 0 unspecified atom stereocenters. The lowest BCUT2D eigenvalue weighted by Crippen LogP contribution is -2.25. The van der Waals surface area contributed by atoms with Gasteiger partial charge in [-0.3, -0.25) is 4.79 Å². The predicted molar refractivity (Wildman–Crippen MR) is 116 cm³/mol. The molecule has 0 aliphatic rings. The van der Waals surface area contributed by atoms with Gasteiger partial charge in [0.25, 0.3) is 5.91 Å². The van der Waals surface area contributed by atoms with E-state index in [1.807, 2.05) is 66.7 Å². The number of benzene rings is 3. The normalized spacial score (nSPS) is 10.7. The van der Waals surface area contributed by atoms with Gasteiger partial charge in [-0.1, -0.05) is 42.5 Å². The van der Waals surface area contributed by atoms with Crippen LogP contribution in [0.2, 0.25) is 0 Å². The summed E-state index contributed by atoms with van der Waals surface area (Å²) in [6, 6.07) is 24.7. The van der Waals surface area contributed by atoms with Crippen molar-refractivity contribution in [3.8, 4) is 11.5 Å². The highest BCUT2D eigenvalue weighted by atomic mass is 16.5. The summed E-state index contributed by atoms with van der Waals surface area (Å²) < 4.78 is 13.4. The molecule has 1 N–H and O–H groups in total. The molecule has 0 aliphatic carbocycles. The van der Waals surface area contributed by atoms with Gasteiger partial charge in [0.1, 0.15) is 12.4 Å². The molecule has 1 heterocycles. The molecular weight excluding hydrogens is 378 g/mol. The smallest absolute Gasteiger partial charge is 0.251 e. The molecule has 0 fully saturated rings. The second-order valence-corrected chi connectivity index (χ2v) is 6.72. The Morgan fingerprint density at radius 1 is 0.933 bits per heavy atom. The second kappa shape index (κ2) is 9.13. The molecule has 0 bridgehead atoms. The number of carbonyl (C=O) groups excluding carboxylic acids is 1. The Hall–Kier alpha value is -3.80. The molecule has 4 rings (SSSR count). The minimum atomic E-state index is -0.125. The van der Waals surface area contributed by atoms with Gasteiger partial charge in [-0.25, -0.2) is 4.98 Å². The molecule has 6 nitrogen and oxygen atoms in total. The van der Waals surface area contributed by atoms with E-state index in [9.17, 15) is 4.79 Å². The molecule has 1 amide bonds. The van der Waals surface area contributed by atoms with E-state index in [4.69, 9.17) is 14.5 Å². The first-order valence-electron chi connectivity index (χ1n) is 9.79. The van der Waals surface area contributed by atoms with Gasteiger partial charge in [0.15, 0.2) is 11.5 Å². The van der Waals surface area contributed by atoms with Crippen LogP contribution in [-0.4, -0.2) is 29.2 Å². The number of hydrogen-bond donors (Lipinski definition) is 1. The average Bonchev–Trinajstić information content (AvgIpc) is 3.16. The Labute approximate surface area is 175 Å². The summed E-state index contributed by atoms with van der Waals surface area (Å²) >= 11 is 0. The number of amides is 1. The molecule has 3 aromatic carbocycles. The summed E-state index contributed by atoms with van der Waals surface area (Å²) in [5.41, 5.74) is 2.52. The van der Waals surface area contributed by atoms with Crippen molar-refractivity contribution in [3.63, 3.8) is 0 Å². The van der Waals surface area contributed by atoms with E-state index in [0.29, 0.717) is 36.8 Å². The molecule has 30 heavy (non-hydrogen) atoms. The molecule has 4 aromatic rings. The van der Waals surface area contributed by atoms with E-state index in [1.54, 1.807) is 19.2 Å². The van der Waals surface area contributed by atoms with Crippen LogP contribution < -0.4 is 14.8 Å². The van der Waals surface area contributed by atoms with E-state index >= 15 is 0 Å². The number of methoxy groups -OCH3 is 1. The van der Waals surface area contributed by atoms with E-state index in [-0.39, 0.29) is 5.91 Å². The Balaban J connectivity index is 1.49. The summed E-state index contributed by atoms with van der Waals surface area (Å²) in [6.07, 6.45) is 0. The lowest BCUT2D eigenvalue weighted by atomic mass is 10.2. The number of para-hydroxylation sites is 4. The summed E-state index contributed by atoms with van der Waals surface area (Å²) in [5.74, 6) is 2.05. The predicted octanol–water partition coefficient (Wildman–Crippen LogP) is 4.05. The molecule has 152 valence electrons. The minimum Gasteiger partial charge on any atom is -0.493 e. The number of aromatic nitrogens is 2. The number of ether oxygens (including phenoxy) is 2. The van der Waals surface area contributed by atoms with Crippen LogP contribution in [0, 0.1) is 0 Å². The van der Waals surface area contributed by atoms with Crippen LogP contribution in [-0.2, 0) is 13.1 Å². The van der Waals surface area contributed by atoms with Gasteiger partial charge in [0.2, 0.25) is 0 Å². The van der Waals surface area contributed by atoms with Gasteiger partial charge >= 0.3 is 0 Å². The minimum absolute atomic E-state index is 0.125. The van der Waals surface area contributed by atoms with Gasteiger partial charge in [0, 0.05) is 5.56 Å². The van der Waals surface area contributed by atoms with Gasteiger partial charge in [0.05, 0.1) is 31.2 Å². The molecule has 0 saturated heterocycles. The van der Waals surface area contributed by atoms with Gasteiger partial charge in [-0.15, -0.1) is 0 Å². The number of imidazole rings is 1. The average molecular weight is 401 g/mol. The summed E-state index contributed by atoms with van der Waals surface area (Å²) in [5, 5.41) is 2.96. The lowest BCUT2D eigenvalue weighted by Gasteiger charge is -2.13. The van der Waals surface area contributed by atoms with Crippen LogP contribution in [0.1, 0.15) is 16.2 Å². The Morgan fingerprint density at radius 3 is 2.43 bits per heavy atom. The van der Waals surface area contributed by atoms with Crippen molar-refractivity contribution >= 4 is 16.9 Å². The topological polar surface area (TPSA) is 65.4 Å². The quantitative estimate of drug-likeness (QED) is 0.484. The summed E-state index contributed by atoms with van der Waals surface area (Å²) in [7, 11) is 1.62. The summed E-state index contributed by atoms with van der Waals surface area (Å²) in [6.45, 7) is 1.37. The van der Waals surface area contributed by atoms with Crippen molar-refractivity contribution in [3.05, 3.63) is 90.3 Å². The first-order chi connectivity index (χ1) is 14.8. The summed E-state index contributed by atoms with van der Waals surface area (Å²) in [4.78, 5) is 17.1. The third kappa shape index (κ3) is 4.27. The highest BCUT2D eigenvalue weighted by Gasteiger charge is 2.13. The maximum absolute atomic E-state index is 12.4. The van der Waals surface area contributed by atoms with Crippen LogP contribution in [0.3, 0.4) is 0 Å². The number of carbonyl (C=O) groups is 1. The fourth-order valence-corrected chi connectivity index (χ4v) is 3.35. The zero-order valence-electron chi connectivity index (χ0n) is 16.7. The van der Waals surface area contributed by atoms with Crippen molar-refractivity contribution < 1.29 is 14.3 Å².